The maximum Gasteiger partial charge on any atom is 0.213 e. The number of hydrazone groups is 1. The molecule has 3 aromatic rings. The van der Waals surface area contributed by atoms with Crippen molar-refractivity contribution < 1.29 is 4.74 Å². The minimum Gasteiger partial charge on any atom is -0.464 e. The highest BCUT2D eigenvalue weighted by atomic mass is 35.5. The van der Waals surface area contributed by atoms with E-state index in [2.05, 4.69) is 11.1 Å². The van der Waals surface area contributed by atoms with E-state index in [1.807, 2.05) is 65.7 Å². The monoisotopic (exact) mass is 361 g/mol. The highest BCUT2D eigenvalue weighted by molar-refractivity contribution is 6.30. The van der Waals surface area contributed by atoms with Gasteiger partial charge in [-0.25, -0.2) is 5.01 Å². The smallest absolute Gasteiger partial charge is 0.213 e. The number of halogens is 1. The average Bonchev–Trinajstić information content (AvgIpc) is 3.14. The van der Waals surface area contributed by atoms with Crippen molar-refractivity contribution in [3.8, 4) is 5.75 Å². The number of rotatable bonds is 2. The Bertz CT molecular complexity index is 989. The number of hydrogen-bond acceptors (Lipinski definition) is 4. The molecule has 1 aromatic heterocycles. The lowest BCUT2D eigenvalue weighted by molar-refractivity contribution is -0.0190. The van der Waals surface area contributed by atoms with Crippen molar-refractivity contribution in [1.82, 2.24) is 9.99 Å². The second-order valence-electron chi connectivity index (χ2n) is 6.42. The number of aromatic nitrogens is 1. The van der Waals surface area contributed by atoms with Crippen molar-refractivity contribution in [3.05, 3.63) is 94.8 Å². The zero-order valence-corrected chi connectivity index (χ0v) is 14.7. The molecule has 26 heavy (non-hydrogen) atoms. The number of para-hydroxylation sites is 1. The van der Waals surface area contributed by atoms with Gasteiger partial charge in [-0.15, -0.1) is 0 Å². The number of pyridine rings is 1. The molecule has 3 heterocycles. The molecule has 0 spiro atoms. The van der Waals surface area contributed by atoms with Crippen molar-refractivity contribution in [2.75, 3.05) is 0 Å². The molecule has 2 aromatic carbocycles. The van der Waals surface area contributed by atoms with Gasteiger partial charge in [-0.1, -0.05) is 48.0 Å². The molecule has 0 fully saturated rings. The summed E-state index contributed by atoms with van der Waals surface area (Å²) < 4.78 is 6.31. The van der Waals surface area contributed by atoms with Crippen LogP contribution in [-0.4, -0.2) is 15.7 Å². The van der Waals surface area contributed by atoms with E-state index < -0.39 is 0 Å². The summed E-state index contributed by atoms with van der Waals surface area (Å²) >= 11 is 6.21. The zero-order valence-electron chi connectivity index (χ0n) is 13.9. The molecule has 0 saturated carbocycles. The van der Waals surface area contributed by atoms with Crippen molar-refractivity contribution >= 4 is 17.3 Å². The third kappa shape index (κ3) is 2.54. The normalized spacial score (nSPS) is 20.8. The van der Waals surface area contributed by atoms with Crippen molar-refractivity contribution in [2.24, 2.45) is 5.10 Å². The van der Waals surface area contributed by atoms with Crippen LogP contribution in [0.1, 0.15) is 35.5 Å². The van der Waals surface area contributed by atoms with Gasteiger partial charge in [0.2, 0.25) is 6.23 Å². The first-order valence-corrected chi connectivity index (χ1v) is 8.96. The first-order chi connectivity index (χ1) is 12.8. The van der Waals surface area contributed by atoms with Gasteiger partial charge < -0.3 is 4.74 Å². The van der Waals surface area contributed by atoms with Crippen molar-refractivity contribution in [1.29, 1.82) is 0 Å². The third-order valence-corrected chi connectivity index (χ3v) is 5.03. The average molecular weight is 362 g/mol. The third-order valence-electron chi connectivity index (χ3n) is 4.79. The van der Waals surface area contributed by atoms with E-state index in [0.717, 1.165) is 34.7 Å². The Kier molecular flexibility index (Phi) is 3.64. The molecule has 0 amide bonds. The molecule has 0 N–H and O–H groups in total. The van der Waals surface area contributed by atoms with Gasteiger partial charge in [-0.3, -0.25) is 4.98 Å². The molecule has 2 aliphatic heterocycles. The Hall–Kier alpha value is -2.85. The van der Waals surface area contributed by atoms with Gasteiger partial charge in [0.05, 0.1) is 17.4 Å². The van der Waals surface area contributed by atoms with Crippen LogP contribution >= 0.6 is 11.6 Å². The Balaban J connectivity index is 1.61. The fourth-order valence-electron chi connectivity index (χ4n) is 3.60. The predicted octanol–water partition coefficient (Wildman–Crippen LogP) is 4.98. The van der Waals surface area contributed by atoms with Gasteiger partial charge in [0.25, 0.3) is 0 Å². The minimum atomic E-state index is -0.310. The van der Waals surface area contributed by atoms with E-state index in [0.29, 0.717) is 5.02 Å². The SMILES string of the molecule is Clc1cccc([C@@H]2Oc3ccccc3[C@@H]3CC(c4ccccn4)=NN32)c1. The van der Waals surface area contributed by atoms with E-state index >= 15 is 0 Å². The van der Waals surface area contributed by atoms with Crippen LogP contribution in [-0.2, 0) is 0 Å². The Morgan fingerprint density at radius 3 is 2.73 bits per heavy atom. The summed E-state index contributed by atoms with van der Waals surface area (Å²) in [4.78, 5) is 4.47. The Labute approximate surface area is 156 Å². The van der Waals surface area contributed by atoms with Crippen LogP contribution in [0.25, 0.3) is 0 Å². The number of nitrogens with zero attached hydrogens (tertiary/aromatic N) is 3. The standard InChI is InChI=1S/C21H16ClN3O/c22-15-7-5-6-14(12-15)21-25-19(16-8-1-2-10-20(16)26-21)13-18(24-25)17-9-3-4-11-23-17/h1-12,19,21H,13H2/t19-,21-/m0/s1. The summed E-state index contributed by atoms with van der Waals surface area (Å²) in [7, 11) is 0. The van der Waals surface area contributed by atoms with Gasteiger partial charge in [0, 0.05) is 28.8 Å². The highest BCUT2D eigenvalue weighted by Gasteiger charge is 2.41. The fraction of sp³-hybridized carbons (Fsp3) is 0.143. The lowest BCUT2D eigenvalue weighted by atomic mass is 9.97. The van der Waals surface area contributed by atoms with Crippen LogP contribution in [0.2, 0.25) is 5.02 Å². The van der Waals surface area contributed by atoms with Crippen LogP contribution in [0.4, 0.5) is 0 Å². The predicted molar refractivity (Wildman–Crippen MR) is 101 cm³/mol. The molecule has 0 unspecified atom stereocenters. The molecule has 2 aliphatic rings. The zero-order chi connectivity index (χ0) is 17.5. The quantitative estimate of drug-likeness (QED) is 0.646. The fourth-order valence-corrected chi connectivity index (χ4v) is 3.80. The second-order valence-corrected chi connectivity index (χ2v) is 6.86. The Morgan fingerprint density at radius 1 is 1.00 bits per heavy atom. The van der Waals surface area contributed by atoms with E-state index in [1.54, 1.807) is 6.20 Å². The van der Waals surface area contributed by atoms with E-state index in [4.69, 9.17) is 21.4 Å². The molecule has 128 valence electrons. The van der Waals surface area contributed by atoms with E-state index in [1.165, 1.54) is 0 Å². The van der Waals surface area contributed by atoms with Crippen LogP contribution < -0.4 is 4.74 Å². The van der Waals surface area contributed by atoms with E-state index in [-0.39, 0.29) is 12.3 Å². The summed E-state index contributed by atoms with van der Waals surface area (Å²) in [5, 5.41) is 7.62. The maximum atomic E-state index is 6.31. The van der Waals surface area contributed by atoms with E-state index in [9.17, 15) is 0 Å². The Morgan fingerprint density at radius 2 is 1.88 bits per heavy atom. The van der Waals surface area contributed by atoms with Crippen LogP contribution in [0.15, 0.2) is 78.0 Å². The molecule has 0 saturated heterocycles. The largest absolute Gasteiger partial charge is 0.464 e. The lowest BCUT2D eigenvalue weighted by Gasteiger charge is -2.38. The molecule has 2 atom stereocenters. The maximum absolute atomic E-state index is 6.31. The van der Waals surface area contributed by atoms with Crippen LogP contribution in [0, 0.1) is 0 Å². The molecular weight excluding hydrogens is 346 g/mol. The molecule has 5 heteroatoms. The number of fused-ring (bicyclic) bond motifs is 3. The molecule has 4 nitrogen and oxygen atoms in total. The minimum absolute atomic E-state index is 0.126. The first-order valence-electron chi connectivity index (χ1n) is 8.58. The second kappa shape index (κ2) is 6.15. The highest BCUT2D eigenvalue weighted by Crippen LogP contribution is 2.47. The number of ether oxygens (including phenoxy) is 1. The van der Waals surface area contributed by atoms with Gasteiger partial charge in [0.15, 0.2) is 0 Å². The summed E-state index contributed by atoms with van der Waals surface area (Å²) in [5.74, 6) is 0.899. The number of benzene rings is 2. The number of hydrogen-bond donors (Lipinski definition) is 0. The molecule has 0 aliphatic carbocycles. The molecular formula is C21H16ClN3O. The van der Waals surface area contributed by atoms with Crippen LogP contribution in [0.5, 0.6) is 5.75 Å². The molecule has 0 bridgehead atoms. The first kappa shape index (κ1) is 15.4. The summed E-state index contributed by atoms with van der Waals surface area (Å²) in [5.41, 5.74) is 4.02. The van der Waals surface area contributed by atoms with Crippen molar-refractivity contribution in [3.63, 3.8) is 0 Å². The van der Waals surface area contributed by atoms with Gasteiger partial charge >= 0.3 is 0 Å². The van der Waals surface area contributed by atoms with Gasteiger partial charge in [0.1, 0.15) is 5.75 Å². The summed E-state index contributed by atoms with van der Waals surface area (Å²) in [6.45, 7) is 0. The van der Waals surface area contributed by atoms with Gasteiger partial charge in [-0.05, 0) is 30.3 Å². The van der Waals surface area contributed by atoms with Crippen molar-refractivity contribution in [2.45, 2.75) is 18.7 Å². The summed E-state index contributed by atoms with van der Waals surface area (Å²) in [6, 6.07) is 22.0. The molecule has 0 radical (unpaired) electrons. The topological polar surface area (TPSA) is 37.7 Å². The molecule has 5 rings (SSSR count). The lowest BCUT2D eigenvalue weighted by Crippen LogP contribution is -2.33. The van der Waals surface area contributed by atoms with Crippen LogP contribution in [0.3, 0.4) is 0 Å². The summed E-state index contributed by atoms with van der Waals surface area (Å²) in [6.07, 6.45) is 2.29. The van der Waals surface area contributed by atoms with Gasteiger partial charge in [-0.2, -0.15) is 5.10 Å².